The molecule has 0 amide bonds. The van der Waals surface area contributed by atoms with Crippen LogP contribution in [0.3, 0.4) is 0 Å². The summed E-state index contributed by atoms with van der Waals surface area (Å²) in [5.41, 5.74) is 5.21. The largest absolute Gasteiger partial charge is 0.369 e. The Morgan fingerprint density at radius 3 is 2.62 bits per heavy atom. The number of nitrogens with one attached hydrogen (secondary N) is 2. The second-order valence-electron chi connectivity index (χ2n) is 6.83. The molecule has 0 spiro atoms. The standard InChI is InChI=1S/C20H24N6O2S/c1-24-9-11-25(12-10-24)18-7-8-19(26(27)28)17(13-18)15-22-23-20(29)21-14-16-5-3-2-4-6-16/h2-8,13,15H,9-12,14H2,1H3,(H2,21,23,29)/b22-15-. The molecule has 0 saturated carbocycles. The summed E-state index contributed by atoms with van der Waals surface area (Å²) >= 11 is 5.21. The van der Waals surface area contributed by atoms with Gasteiger partial charge < -0.3 is 15.1 Å². The van der Waals surface area contributed by atoms with Crippen molar-refractivity contribution in [3.05, 3.63) is 69.8 Å². The summed E-state index contributed by atoms with van der Waals surface area (Å²) in [5.74, 6) is 0. The minimum atomic E-state index is -0.402. The van der Waals surface area contributed by atoms with E-state index in [0.717, 1.165) is 37.4 Å². The van der Waals surface area contributed by atoms with Crippen molar-refractivity contribution < 1.29 is 4.92 Å². The highest BCUT2D eigenvalue weighted by molar-refractivity contribution is 7.80. The van der Waals surface area contributed by atoms with Crippen LogP contribution in [0.25, 0.3) is 0 Å². The number of anilines is 1. The fourth-order valence-corrected chi connectivity index (χ4v) is 3.18. The van der Waals surface area contributed by atoms with Crippen molar-refractivity contribution in [1.82, 2.24) is 15.6 Å². The molecule has 0 radical (unpaired) electrons. The van der Waals surface area contributed by atoms with Crippen LogP contribution in [0, 0.1) is 10.1 Å². The lowest BCUT2D eigenvalue weighted by Gasteiger charge is -2.34. The van der Waals surface area contributed by atoms with E-state index in [-0.39, 0.29) is 5.69 Å². The molecule has 0 atom stereocenters. The summed E-state index contributed by atoms with van der Waals surface area (Å²) < 4.78 is 0. The number of thiocarbonyl (C=S) groups is 1. The molecular weight excluding hydrogens is 388 g/mol. The number of benzene rings is 2. The van der Waals surface area contributed by atoms with Crippen molar-refractivity contribution in [3.63, 3.8) is 0 Å². The maximum absolute atomic E-state index is 11.4. The predicted molar refractivity (Wildman–Crippen MR) is 119 cm³/mol. The topological polar surface area (TPSA) is 86.0 Å². The van der Waals surface area contributed by atoms with E-state index in [9.17, 15) is 10.1 Å². The molecule has 8 nitrogen and oxygen atoms in total. The maximum Gasteiger partial charge on any atom is 0.278 e. The molecule has 3 rings (SSSR count). The van der Waals surface area contributed by atoms with Crippen LogP contribution in [0.5, 0.6) is 0 Å². The Morgan fingerprint density at radius 1 is 1.21 bits per heavy atom. The lowest BCUT2D eigenvalue weighted by Crippen LogP contribution is -2.44. The molecule has 2 aromatic carbocycles. The second kappa shape index (κ2) is 9.94. The predicted octanol–water partition coefficient (Wildman–Crippen LogP) is 2.34. The van der Waals surface area contributed by atoms with E-state index in [4.69, 9.17) is 12.2 Å². The minimum Gasteiger partial charge on any atom is -0.369 e. The monoisotopic (exact) mass is 412 g/mol. The number of hydrogen-bond acceptors (Lipinski definition) is 6. The van der Waals surface area contributed by atoms with E-state index in [2.05, 4.69) is 32.7 Å². The van der Waals surface area contributed by atoms with Gasteiger partial charge in [0.15, 0.2) is 5.11 Å². The third kappa shape index (κ3) is 5.97. The van der Waals surface area contributed by atoms with Crippen LogP contribution in [0.1, 0.15) is 11.1 Å². The Hall–Kier alpha value is -3.04. The van der Waals surface area contributed by atoms with E-state index in [1.165, 1.54) is 12.3 Å². The van der Waals surface area contributed by atoms with Gasteiger partial charge in [0.25, 0.3) is 5.69 Å². The lowest BCUT2D eigenvalue weighted by atomic mass is 10.1. The smallest absolute Gasteiger partial charge is 0.278 e. The van der Waals surface area contributed by atoms with Gasteiger partial charge in [0.1, 0.15) is 0 Å². The molecule has 9 heteroatoms. The Kier molecular flexibility index (Phi) is 7.09. The Balaban J connectivity index is 1.63. The van der Waals surface area contributed by atoms with Crippen LogP contribution >= 0.6 is 12.2 Å². The van der Waals surface area contributed by atoms with Gasteiger partial charge in [-0.3, -0.25) is 15.5 Å². The molecule has 1 heterocycles. The van der Waals surface area contributed by atoms with Crippen molar-refractivity contribution in [2.45, 2.75) is 6.54 Å². The molecular formula is C20H24N6O2S. The summed E-state index contributed by atoms with van der Waals surface area (Å²) in [6, 6.07) is 15.0. The van der Waals surface area contributed by atoms with E-state index in [0.29, 0.717) is 17.2 Å². The summed E-state index contributed by atoms with van der Waals surface area (Å²) in [7, 11) is 2.09. The quantitative estimate of drug-likeness (QED) is 0.326. The van der Waals surface area contributed by atoms with Crippen molar-refractivity contribution in [2.75, 3.05) is 38.1 Å². The number of hydrogen-bond donors (Lipinski definition) is 2. The first-order valence-corrected chi connectivity index (χ1v) is 9.76. The number of nitro benzene ring substituents is 1. The number of hydrazone groups is 1. The second-order valence-corrected chi connectivity index (χ2v) is 7.24. The number of likely N-dealkylation sites (N-methyl/N-ethyl adjacent to an activating group) is 1. The van der Waals surface area contributed by atoms with Crippen molar-refractivity contribution in [1.29, 1.82) is 0 Å². The van der Waals surface area contributed by atoms with E-state index in [1.54, 1.807) is 12.1 Å². The molecule has 29 heavy (non-hydrogen) atoms. The van der Waals surface area contributed by atoms with Crippen molar-refractivity contribution >= 4 is 34.9 Å². The number of nitro groups is 1. The molecule has 2 N–H and O–H groups in total. The van der Waals surface area contributed by atoms with Gasteiger partial charge in [-0.15, -0.1) is 0 Å². The summed E-state index contributed by atoms with van der Waals surface area (Å²) in [6.07, 6.45) is 1.44. The average molecular weight is 413 g/mol. The van der Waals surface area contributed by atoms with Gasteiger partial charge in [0.2, 0.25) is 0 Å². The summed E-state index contributed by atoms with van der Waals surface area (Å²) in [4.78, 5) is 15.5. The van der Waals surface area contributed by atoms with Crippen LogP contribution in [-0.2, 0) is 6.54 Å². The van der Waals surface area contributed by atoms with Gasteiger partial charge in [-0.05, 0) is 37.0 Å². The van der Waals surface area contributed by atoms with Gasteiger partial charge in [0, 0.05) is 44.5 Å². The molecule has 1 saturated heterocycles. The Morgan fingerprint density at radius 2 is 1.93 bits per heavy atom. The normalized spacial score (nSPS) is 14.7. The molecule has 1 aliphatic rings. The van der Waals surface area contributed by atoms with Gasteiger partial charge in [-0.2, -0.15) is 5.10 Å². The van der Waals surface area contributed by atoms with Crippen LogP contribution in [-0.4, -0.2) is 54.4 Å². The van der Waals surface area contributed by atoms with Gasteiger partial charge in [-0.25, -0.2) is 0 Å². The van der Waals surface area contributed by atoms with Crippen molar-refractivity contribution in [3.8, 4) is 0 Å². The summed E-state index contributed by atoms with van der Waals surface area (Å²) in [5, 5.41) is 18.9. The first kappa shape index (κ1) is 20.7. The molecule has 0 aromatic heterocycles. The van der Waals surface area contributed by atoms with E-state index >= 15 is 0 Å². The molecule has 0 unspecified atom stereocenters. The highest BCUT2D eigenvalue weighted by Crippen LogP contribution is 2.24. The third-order valence-electron chi connectivity index (χ3n) is 4.74. The van der Waals surface area contributed by atoms with Crippen LogP contribution < -0.4 is 15.6 Å². The number of nitrogens with zero attached hydrogens (tertiary/aromatic N) is 4. The molecule has 152 valence electrons. The van der Waals surface area contributed by atoms with Crippen LogP contribution in [0.2, 0.25) is 0 Å². The molecule has 0 bridgehead atoms. The summed E-state index contributed by atoms with van der Waals surface area (Å²) in [6.45, 7) is 4.27. The maximum atomic E-state index is 11.4. The van der Waals surface area contributed by atoms with Crippen LogP contribution in [0.4, 0.5) is 11.4 Å². The zero-order valence-electron chi connectivity index (χ0n) is 16.2. The highest BCUT2D eigenvalue weighted by Gasteiger charge is 2.18. The third-order valence-corrected chi connectivity index (χ3v) is 4.98. The molecule has 1 aliphatic heterocycles. The minimum absolute atomic E-state index is 0.0107. The Bertz CT molecular complexity index is 882. The van der Waals surface area contributed by atoms with Crippen LogP contribution in [0.15, 0.2) is 53.6 Å². The molecule has 0 aliphatic carbocycles. The zero-order chi connectivity index (χ0) is 20.6. The molecule has 1 fully saturated rings. The average Bonchev–Trinajstić information content (AvgIpc) is 2.73. The fraction of sp³-hybridized carbons (Fsp3) is 0.300. The van der Waals surface area contributed by atoms with E-state index < -0.39 is 4.92 Å². The SMILES string of the molecule is CN1CCN(c2ccc([N+](=O)[O-])c(/C=N\NC(=S)NCc3ccccc3)c2)CC1. The first-order valence-electron chi connectivity index (χ1n) is 9.35. The fourth-order valence-electron chi connectivity index (χ4n) is 3.05. The van der Waals surface area contributed by atoms with Gasteiger partial charge >= 0.3 is 0 Å². The Labute approximate surface area is 175 Å². The lowest BCUT2D eigenvalue weighted by molar-refractivity contribution is -0.385. The number of piperazine rings is 1. The highest BCUT2D eigenvalue weighted by atomic mass is 32.1. The van der Waals surface area contributed by atoms with Crippen molar-refractivity contribution in [2.24, 2.45) is 5.10 Å². The number of rotatable bonds is 6. The molecule has 2 aromatic rings. The van der Waals surface area contributed by atoms with Gasteiger partial charge in [0.05, 0.1) is 16.7 Å². The van der Waals surface area contributed by atoms with E-state index in [1.807, 2.05) is 30.3 Å². The first-order chi connectivity index (χ1) is 14.0. The zero-order valence-corrected chi connectivity index (χ0v) is 17.1. The van der Waals surface area contributed by atoms with Gasteiger partial charge in [-0.1, -0.05) is 30.3 Å².